The average Bonchev–Trinajstić information content (AvgIpc) is 2.88. The number of hydrogen-bond acceptors (Lipinski definition) is 2. The van der Waals surface area contributed by atoms with E-state index >= 15 is 0 Å². The molecule has 5 heteroatoms. The maximum absolute atomic E-state index is 13.7. The number of aliphatic hydroxyl groups excluding tert-OH is 1. The van der Waals surface area contributed by atoms with Crippen LogP contribution in [0.3, 0.4) is 0 Å². The standard InChI is InChI=1S/C13H14F2N2O/c1-2-3-8-9(4-5-10(14)11(8)15)12(18)13-16-6-7-17-13/h4-7,12,18H,2-3H2,1H3,(H,16,17)/t12-/m1/s1. The Morgan fingerprint density at radius 1 is 1.39 bits per heavy atom. The van der Waals surface area contributed by atoms with E-state index in [1.54, 1.807) is 6.20 Å². The van der Waals surface area contributed by atoms with Crippen molar-refractivity contribution in [2.24, 2.45) is 0 Å². The SMILES string of the molecule is CCCc1c([C@@H](O)c2ncc[nH]2)ccc(F)c1F. The van der Waals surface area contributed by atoms with Gasteiger partial charge in [-0.25, -0.2) is 13.8 Å². The van der Waals surface area contributed by atoms with Crippen molar-refractivity contribution >= 4 is 0 Å². The Morgan fingerprint density at radius 3 is 2.78 bits per heavy atom. The molecule has 1 atom stereocenters. The maximum atomic E-state index is 13.7. The third kappa shape index (κ3) is 2.26. The molecule has 0 radical (unpaired) electrons. The molecule has 0 bridgehead atoms. The van der Waals surface area contributed by atoms with Crippen molar-refractivity contribution in [3.63, 3.8) is 0 Å². The Balaban J connectivity index is 2.47. The number of nitrogens with one attached hydrogen (secondary N) is 1. The number of rotatable bonds is 4. The van der Waals surface area contributed by atoms with Crippen LogP contribution in [0.4, 0.5) is 8.78 Å². The second kappa shape index (κ2) is 5.27. The van der Waals surface area contributed by atoms with Crippen LogP contribution < -0.4 is 0 Å². The predicted octanol–water partition coefficient (Wildman–Crippen LogP) is 2.72. The number of halogens is 2. The van der Waals surface area contributed by atoms with E-state index in [0.29, 0.717) is 24.2 Å². The first-order chi connectivity index (χ1) is 8.65. The summed E-state index contributed by atoms with van der Waals surface area (Å²) >= 11 is 0. The highest BCUT2D eigenvalue weighted by molar-refractivity contribution is 5.34. The summed E-state index contributed by atoms with van der Waals surface area (Å²) in [4.78, 5) is 6.69. The predicted molar refractivity (Wildman–Crippen MR) is 63.0 cm³/mol. The van der Waals surface area contributed by atoms with E-state index in [1.807, 2.05) is 6.92 Å². The zero-order chi connectivity index (χ0) is 13.1. The zero-order valence-electron chi connectivity index (χ0n) is 9.95. The highest BCUT2D eigenvalue weighted by Gasteiger charge is 2.20. The third-order valence-corrected chi connectivity index (χ3v) is 2.81. The molecule has 0 spiro atoms. The molecule has 0 aliphatic rings. The molecule has 0 saturated carbocycles. The van der Waals surface area contributed by atoms with E-state index in [9.17, 15) is 13.9 Å². The van der Waals surface area contributed by atoms with Gasteiger partial charge < -0.3 is 10.1 Å². The minimum atomic E-state index is -1.07. The van der Waals surface area contributed by atoms with E-state index in [0.717, 1.165) is 6.07 Å². The summed E-state index contributed by atoms with van der Waals surface area (Å²) < 4.78 is 26.9. The molecular weight excluding hydrogens is 238 g/mol. The van der Waals surface area contributed by atoms with Crippen LogP contribution in [-0.2, 0) is 6.42 Å². The van der Waals surface area contributed by atoms with Gasteiger partial charge in [-0.2, -0.15) is 0 Å². The van der Waals surface area contributed by atoms with Gasteiger partial charge in [0.1, 0.15) is 11.9 Å². The lowest BCUT2D eigenvalue weighted by atomic mass is 9.97. The van der Waals surface area contributed by atoms with Crippen LogP contribution in [0.1, 0.15) is 36.4 Å². The summed E-state index contributed by atoms with van der Waals surface area (Å²) in [5, 5.41) is 10.1. The Kier molecular flexibility index (Phi) is 3.72. The zero-order valence-corrected chi connectivity index (χ0v) is 9.95. The molecule has 18 heavy (non-hydrogen) atoms. The fourth-order valence-electron chi connectivity index (χ4n) is 1.94. The average molecular weight is 252 g/mol. The summed E-state index contributed by atoms with van der Waals surface area (Å²) in [6.07, 6.45) is 3.03. The summed E-state index contributed by atoms with van der Waals surface area (Å²) in [5.41, 5.74) is 0.562. The topological polar surface area (TPSA) is 48.9 Å². The van der Waals surface area contributed by atoms with Crippen LogP contribution in [-0.4, -0.2) is 15.1 Å². The van der Waals surface area contributed by atoms with Gasteiger partial charge in [0.05, 0.1) is 0 Å². The monoisotopic (exact) mass is 252 g/mol. The van der Waals surface area contributed by atoms with Crippen LogP contribution in [0, 0.1) is 11.6 Å². The van der Waals surface area contributed by atoms with Crippen LogP contribution >= 0.6 is 0 Å². The van der Waals surface area contributed by atoms with E-state index in [4.69, 9.17) is 0 Å². The summed E-state index contributed by atoms with van der Waals surface area (Å²) in [7, 11) is 0. The number of nitrogens with zero attached hydrogens (tertiary/aromatic N) is 1. The van der Waals surface area contributed by atoms with Gasteiger partial charge in [-0.3, -0.25) is 0 Å². The molecule has 0 saturated heterocycles. The molecule has 0 aliphatic carbocycles. The molecule has 0 fully saturated rings. The minimum Gasteiger partial charge on any atom is -0.380 e. The highest BCUT2D eigenvalue weighted by Crippen LogP contribution is 2.27. The molecule has 1 heterocycles. The Labute approximate surface area is 104 Å². The number of imidazole rings is 1. The smallest absolute Gasteiger partial charge is 0.162 e. The number of hydrogen-bond donors (Lipinski definition) is 2. The summed E-state index contributed by atoms with van der Waals surface area (Å²) in [5.74, 6) is -1.47. The number of aromatic amines is 1. The van der Waals surface area contributed by atoms with Gasteiger partial charge >= 0.3 is 0 Å². The van der Waals surface area contributed by atoms with Gasteiger partial charge in [0.15, 0.2) is 11.6 Å². The lowest BCUT2D eigenvalue weighted by Crippen LogP contribution is -2.08. The van der Waals surface area contributed by atoms with Gasteiger partial charge in [0, 0.05) is 12.4 Å². The van der Waals surface area contributed by atoms with E-state index in [2.05, 4.69) is 9.97 Å². The lowest BCUT2D eigenvalue weighted by molar-refractivity contribution is 0.209. The van der Waals surface area contributed by atoms with Crippen molar-refractivity contribution in [3.05, 3.63) is 53.1 Å². The number of aromatic nitrogens is 2. The Morgan fingerprint density at radius 2 is 2.17 bits per heavy atom. The molecule has 2 N–H and O–H groups in total. The molecule has 0 aliphatic heterocycles. The second-order valence-electron chi connectivity index (χ2n) is 4.06. The molecule has 1 aromatic carbocycles. The van der Waals surface area contributed by atoms with Crippen LogP contribution in [0.15, 0.2) is 24.5 Å². The van der Waals surface area contributed by atoms with Gasteiger partial charge in [0.2, 0.25) is 0 Å². The van der Waals surface area contributed by atoms with Crippen molar-refractivity contribution in [2.45, 2.75) is 25.9 Å². The molecule has 0 amide bonds. The van der Waals surface area contributed by atoms with Crippen molar-refractivity contribution in [2.75, 3.05) is 0 Å². The Hall–Kier alpha value is -1.75. The van der Waals surface area contributed by atoms with Gasteiger partial charge in [-0.1, -0.05) is 19.4 Å². The molecular formula is C13H14F2N2O. The van der Waals surface area contributed by atoms with Crippen molar-refractivity contribution in [3.8, 4) is 0 Å². The number of aliphatic hydroxyl groups is 1. The normalized spacial score (nSPS) is 12.7. The molecule has 0 unspecified atom stereocenters. The number of H-pyrrole nitrogens is 1. The van der Waals surface area contributed by atoms with Crippen LogP contribution in [0.2, 0.25) is 0 Å². The highest BCUT2D eigenvalue weighted by atomic mass is 19.2. The van der Waals surface area contributed by atoms with E-state index in [1.165, 1.54) is 12.3 Å². The van der Waals surface area contributed by atoms with Gasteiger partial charge in [-0.15, -0.1) is 0 Å². The van der Waals surface area contributed by atoms with Gasteiger partial charge in [-0.05, 0) is 23.6 Å². The molecule has 96 valence electrons. The summed E-state index contributed by atoms with van der Waals surface area (Å²) in [6.45, 7) is 1.87. The molecule has 2 aromatic rings. The fraction of sp³-hybridized carbons (Fsp3) is 0.308. The molecule has 1 aromatic heterocycles. The van der Waals surface area contributed by atoms with E-state index in [-0.39, 0.29) is 5.56 Å². The van der Waals surface area contributed by atoms with Crippen LogP contribution in [0.5, 0.6) is 0 Å². The Bertz CT molecular complexity index is 526. The minimum absolute atomic E-state index is 0.210. The fourth-order valence-corrected chi connectivity index (χ4v) is 1.94. The largest absolute Gasteiger partial charge is 0.380 e. The first-order valence-electron chi connectivity index (χ1n) is 5.79. The quantitative estimate of drug-likeness (QED) is 0.879. The molecule has 2 rings (SSSR count). The summed E-state index contributed by atoms with van der Waals surface area (Å²) in [6, 6.07) is 2.42. The van der Waals surface area contributed by atoms with Crippen molar-refractivity contribution in [1.82, 2.24) is 9.97 Å². The first-order valence-corrected chi connectivity index (χ1v) is 5.79. The molecule has 3 nitrogen and oxygen atoms in total. The second-order valence-corrected chi connectivity index (χ2v) is 4.06. The van der Waals surface area contributed by atoms with E-state index < -0.39 is 17.7 Å². The maximum Gasteiger partial charge on any atom is 0.162 e. The first kappa shape index (κ1) is 12.7. The van der Waals surface area contributed by atoms with Crippen molar-refractivity contribution in [1.29, 1.82) is 0 Å². The lowest BCUT2D eigenvalue weighted by Gasteiger charge is -2.14. The van der Waals surface area contributed by atoms with Crippen LogP contribution in [0.25, 0.3) is 0 Å². The third-order valence-electron chi connectivity index (χ3n) is 2.81. The van der Waals surface area contributed by atoms with Crippen molar-refractivity contribution < 1.29 is 13.9 Å². The number of benzene rings is 1. The van der Waals surface area contributed by atoms with Gasteiger partial charge in [0.25, 0.3) is 0 Å².